The smallest absolute Gasteiger partial charge is 0.128 e. The summed E-state index contributed by atoms with van der Waals surface area (Å²) in [6.45, 7) is 9.12. The topological polar surface area (TPSA) is 66.1 Å². The van der Waals surface area contributed by atoms with E-state index in [-0.39, 0.29) is 0 Å². The number of aromatic nitrogens is 3. The molecule has 0 atom stereocenters. The summed E-state index contributed by atoms with van der Waals surface area (Å²) in [6.07, 6.45) is 1.89. The van der Waals surface area contributed by atoms with Gasteiger partial charge in [0.1, 0.15) is 5.82 Å². The Morgan fingerprint density at radius 2 is 2.09 bits per heavy atom. The molecule has 3 rings (SSSR count). The van der Waals surface area contributed by atoms with Gasteiger partial charge in [-0.15, -0.1) is 0 Å². The van der Waals surface area contributed by atoms with Gasteiger partial charge in [-0.1, -0.05) is 0 Å². The molecule has 0 saturated carbocycles. The maximum atomic E-state index is 5.39. The van der Waals surface area contributed by atoms with Gasteiger partial charge in [-0.05, 0) is 31.5 Å². The maximum absolute atomic E-state index is 5.39. The van der Waals surface area contributed by atoms with Crippen molar-refractivity contribution in [3.8, 4) is 0 Å². The number of anilines is 1. The minimum Gasteiger partial charge on any atom is -0.378 e. The first-order chi connectivity index (χ1) is 10.7. The van der Waals surface area contributed by atoms with Crippen LogP contribution in [0.5, 0.6) is 0 Å². The Labute approximate surface area is 130 Å². The van der Waals surface area contributed by atoms with Crippen molar-refractivity contribution in [1.29, 1.82) is 0 Å². The standard InChI is InChI=1S/C16H23N5O/c1-12-15(13(2)20-19-12)11-17-10-14-3-4-18-16(9-14)21-5-7-22-8-6-21/h3-4,9,17H,5-8,10-11H2,1-2H3,(H,19,20). The molecule has 1 saturated heterocycles. The van der Waals surface area contributed by atoms with E-state index < -0.39 is 0 Å². The third-order valence-corrected chi connectivity index (χ3v) is 4.06. The summed E-state index contributed by atoms with van der Waals surface area (Å²) in [4.78, 5) is 6.75. The highest BCUT2D eigenvalue weighted by Gasteiger charge is 2.12. The molecule has 22 heavy (non-hydrogen) atoms. The molecular formula is C16H23N5O. The Morgan fingerprint density at radius 1 is 1.27 bits per heavy atom. The van der Waals surface area contributed by atoms with E-state index in [0.717, 1.165) is 56.6 Å². The highest BCUT2D eigenvalue weighted by molar-refractivity contribution is 5.41. The fraction of sp³-hybridized carbons (Fsp3) is 0.500. The zero-order valence-corrected chi connectivity index (χ0v) is 13.2. The van der Waals surface area contributed by atoms with Crippen LogP contribution in [0.15, 0.2) is 18.3 Å². The molecule has 0 amide bonds. The number of morpholine rings is 1. The minimum absolute atomic E-state index is 0.781. The molecule has 0 spiro atoms. The lowest BCUT2D eigenvalue weighted by Gasteiger charge is -2.28. The fourth-order valence-electron chi connectivity index (χ4n) is 2.70. The Morgan fingerprint density at radius 3 is 2.82 bits per heavy atom. The Hall–Kier alpha value is -1.92. The molecule has 118 valence electrons. The van der Waals surface area contributed by atoms with Crippen LogP contribution < -0.4 is 10.2 Å². The van der Waals surface area contributed by atoms with Gasteiger partial charge in [0, 0.05) is 43.6 Å². The number of H-pyrrole nitrogens is 1. The van der Waals surface area contributed by atoms with Gasteiger partial charge in [0.2, 0.25) is 0 Å². The van der Waals surface area contributed by atoms with E-state index in [1.807, 2.05) is 13.1 Å². The SMILES string of the molecule is Cc1n[nH]c(C)c1CNCc1ccnc(N2CCOCC2)c1. The van der Waals surface area contributed by atoms with E-state index in [4.69, 9.17) is 4.74 Å². The van der Waals surface area contributed by atoms with Gasteiger partial charge in [-0.3, -0.25) is 5.10 Å². The highest BCUT2D eigenvalue weighted by atomic mass is 16.5. The van der Waals surface area contributed by atoms with Crippen molar-refractivity contribution in [2.24, 2.45) is 0 Å². The number of pyridine rings is 1. The molecule has 6 nitrogen and oxygen atoms in total. The predicted molar refractivity (Wildman–Crippen MR) is 85.9 cm³/mol. The second-order valence-corrected chi connectivity index (χ2v) is 5.64. The van der Waals surface area contributed by atoms with Crippen LogP contribution in [0.2, 0.25) is 0 Å². The van der Waals surface area contributed by atoms with Crippen LogP contribution in [0.1, 0.15) is 22.5 Å². The van der Waals surface area contributed by atoms with E-state index in [1.54, 1.807) is 0 Å². The summed E-state index contributed by atoms with van der Waals surface area (Å²) >= 11 is 0. The van der Waals surface area contributed by atoms with Crippen molar-refractivity contribution in [3.05, 3.63) is 40.8 Å². The molecule has 0 aromatic carbocycles. The lowest BCUT2D eigenvalue weighted by atomic mass is 10.2. The Bertz CT molecular complexity index is 599. The fourth-order valence-corrected chi connectivity index (χ4v) is 2.70. The normalized spacial score (nSPS) is 15.3. The molecule has 0 aliphatic carbocycles. The summed E-state index contributed by atoms with van der Waals surface area (Å²) in [5, 5.41) is 10.7. The van der Waals surface area contributed by atoms with Gasteiger partial charge < -0.3 is 15.0 Å². The summed E-state index contributed by atoms with van der Waals surface area (Å²) in [6, 6.07) is 4.22. The van der Waals surface area contributed by atoms with Crippen LogP contribution in [0.25, 0.3) is 0 Å². The summed E-state index contributed by atoms with van der Waals surface area (Å²) in [7, 11) is 0. The maximum Gasteiger partial charge on any atom is 0.128 e. The van der Waals surface area contributed by atoms with Crippen LogP contribution in [-0.4, -0.2) is 41.5 Å². The van der Waals surface area contributed by atoms with Crippen LogP contribution in [0, 0.1) is 13.8 Å². The number of aromatic amines is 1. The van der Waals surface area contributed by atoms with Gasteiger partial charge >= 0.3 is 0 Å². The van der Waals surface area contributed by atoms with E-state index in [2.05, 4.69) is 44.5 Å². The van der Waals surface area contributed by atoms with Gasteiger partial charge in [0.25, 0.3) is 0 Å². The quantitative estimate of drug-likeness (QED) is 0.877. The van der Waals surface area contributed by atoms with Crippen molar-refractivity contribution in [2.75, 3.05) is 31.2 Å². The van der Waals surface area contributed by atoms with Gasteiger partial charge in [-0.2, -0.15) is 5.10 Å². The third kappa shape index (κ3) is 3.45. The molecule has 3 heterocycles. The lowest BCUT2D eigenvalue weighted by Crippen LogP contribution is -2.36. The number of rotatable bonds is 5. The molecule has 2 aromatic heterocycles. The Balaban J connectivity index is 1.58. The first kappa shape index (κ1) is 15.0. The number of ether oxygens (including phenoxy) is 1. The third-order valence-electron chi connectivity index (χ3n) is 4.06. The number of hydrogen-bond acceptors (Lipinski definition) is 5. The van der Waals surface area contributed by atoms with Crippen molar-refractivity contribution in [3.63, 3.8) is 0 Å². The molecule has 2 N–H and O–H groups in total. The average Bonchev–Trinajstić information content (AvgIpc) is 2.88. The average molecular weight is 301 g/mol. The predicted octanol–water partition coefficient (Wildman–Crippen LogP) is 1.55. The van der Waals surface area contributed by atoms with Crippen LogP contribution in [0.3, 0.4) is 0 Å². The first-order valence-corrected chi connectivity index (χ1v) is 7.73. The lowest BCUT2D eigenvalue weighted by molar-refractivity contribution is 0.122. The van der Waals surface area contributed by atoms with Crippen molar-refractivity contribution < 1.29 is 4.74 Å². The van der Waals surface area contributed by atoms with E-state index in [9.17, 15) is 0 Å². The molecule has 0 radical (unpaired) electrons. The van der Waals surface area contributed by atoms with E-state index in [0.29, 0.717) is 0 Å². The zero-order valence-electron chi connectivity index (χ0n) is 13.2. The van der Waals surface area contributed by atoms with Crippen LogP contribution in [-0.2, 0) is 17.8 Å². The monoisotopic (exact) mass is 301 g/mol. The molecule has 0 unspecified atom stereocenters. The molecule has 1 aliphatic rings. The largest absolute Gasteiger partial charge is 0.378 e. The molecular weight excluding hydrogens is 278 g/mol. The molecule has 2 aromatic rings. The summed E-state index contributed by atoms with van der Waals surface area (Å²) in [5.74, 6) is 1.04. The van der Waals surface area contributed by atoms with Gasteiger partial charge in [0.05, 0.1) is 18.9 Å². The number of hydrogen-bond donors (Lipinski definition) is 2. The molecule has 1 aliphatic heterocycles. The minimum atomic E-state index is 0.781. The highest BCUT2D eigenvalue weighted by Crippen LogP contribution is 2.15. The van der Waals surface area contributed by atoms with Crippen LogP contribution >= 0.6 is 0 Å². The van der Waals surface area contributed by atoms with Crippen molar-refractivity contribution in [1.82, 2.24) is 20.5 Å². The van der Waals surface area contributed by atoms with E-state index >= 15 is 0 Å². The molecule has 1 fully saturated rings. The number of nitrogens with one attached hydrogen (secondary N) is 2. The van der Waals surface area contributed by atoms with Crippen molar-refractivity contribution in [2.45, 2.75) is 26.9 Å². The van der Waals surface area contributed by atoms with Gasteiger partial charge in [0.15, 0.2) is 0 Å². The van der Waals surface area contributed by atoms with Crippen molar-refractivity contribution >= 4 is 5.82 Å². The second-order valence-electron chi connectivity index (χ2n) is 5.64. The van der Waals surface area contributed by atoms with Gasteiger partial charge in [-0.25, -0.2) is 4.98 Å². The zero-order chi connectivity index (χ0) is 15.4. The number of nitrogens with zero attached hydrogens (tertiary/aromatic N) is 3. The molecule has 0 bridgehead atoms. The summed E-state index contributed by atoms with van der Waals surface area (Å²) < 4.78 is 5.39. The number of aryl methyl sites for hydroxylation is 2. The summed E-state index contributed by atoms with van der Waals surface area (Å²) in [5.41, 5.74) is 4.69. The second kappa shape index (κ2) is 6.89. The molecule has 6 heteroatoms. The van der Waals surface area contributed by atoms with Crippen LogP contribution in [0.4, 0.5) is 5.82 Å². The Kier molecular flexibility index (Phi) is 4.70. The first-order valence-electron chi connectivity index (χ1n) is 7.73. The van der Waals surface area contributed by atoms with E-state index in [1.165, 1.54) is 11.1 Å².